The second-order valence-corrected chi connectivity index (χ2v) is 10.3. The molecule has 0 bridgehead atoms. The van der Waals surface area contributed by atoms with Gasteiger partial charge in [-0.2, -0.15) is 0 Å². The van der Waals surface area contributed by atoms with Crippen LogP contribution in [0.2, 0.25) is 0 Å². The van der Waals surface area contributed by atoms with Crippen LogP contribution >= 0.6 is 11.3 Å². The zero-order valence-electron chi connectivity index (χ0n) is 17.8. The fourth-order valence-corrected chi connectivity index (χ4v) is 5.74. The molecule has 4 rings (SSSR count). The highest BCUT2D eigenvalue weighted by atomic mass is 32.2. The van der Waals surface area contributed by atoms with Gasteiger partial charge in [-0.25, -0.2) is 17.8 Å². The fraction of sp³-hybridized carbons (Fsp3) is 0.318. The number of likely N-dealkylation sites (tertiary alicyclic amines) is 1. The lowest BCUT2D eigenvalue weighted by Crippen LogP contribution is -2.35. The molecule has 10 heteroatoms. The molecule has 2 aromatic carbocycles. The predicted octanol–water partition coefficient (Wildman–Crippen LogP) is 3.81. The standard InChI is InChI=1S/C22H25FN4O3S2/c1-15-9-21(32(29,30)25-22-13-31-14-24-22)18(23)10-19(15)26(2)17-7-8-27(12-17)11-16-5-3-4-6-20(16)28/h3-6,9-10,13-14,17,25,28H,7-8,11-12H2,1-2H3. The number of halogens is 1. The molecule has 1 atom stereocenters. The number of phenolic OH excluding ortho intramolecular Hbond substituents is 1. The third kappa shape index (κ3) is 4.72. The Balaban J connectivity index is 1.49. The van der Waals surface area contributed by atoms with Crippen LogP contribution in [0.15, 0.2) is 52.2 Å². The number of hydrogen-bond donors (Lipinski definition) is 2. The molecule has 0 spiro atoms. The minimum atomic E-state index is -4.08. The highest BCUT2D eigenvalue weighted by Gasteiger charge is 2.29. The Kier molecular flexibility index (Phi) is 6.36. The summed E-state index contributed by atoms with van der Waals surface area (Å²) >= 11 is 1.25. The number of nitrogens with one attached hydrogen (secondary N) is 1. The summed E-state index contributed by atoms with van der Waals surface area (Å²) in [7, 11) is -2.18. The predicted molar refractivity (Wildman–Crippen MR) is 124 cm³/mol. The van der Waals surface area contributed by atoms with Crippen LogP contribution in [0.4, 0.5) is 15.9 Å². The monoisotopic (exact) mass is 476 g/mol. The van der Waals surface area contributed by atoms with Crippen molar-refractivity contribution in [3.63, 3.8) is 0 Å². The summed E-state index contributed by atoms with van der Waals surface area (Å²) in [5.74, 6) is -0.349. The van der Waals surface area contributed by atoms with Gasteiger partial charge in [0.1, 0.15) is 16.5 Å². The molecule has 1 fully saturated rings. The number of aromatic nitrogens is 1. The van der Waals surface area contributed by atoms with E-state index in [1.54, 1.807) is 24.4 Å². The van der Waals surface area contributed by atoms with E-state index >= 15 is 0 Å². The molecule has 0 aliphatic carbocycles. The number of para-hydroxylation sites is 1. The highest BCUT2D eigenvalue weighted by molar-refractivity contribution is 7.92. The molecule has 170 valence electrons. The van der Waals surface area contributed by atoms with Gasteiger partial charge >= 0.3 is 0 Å². The maximum absolute atomic E-state index is 14.9. The van der Waals surface area contributed by atoms with Crippen molar-refractivity contribution in [1.29, 1.82) is 0 Å². The summed E-state index contributed by atoms with van der Waals surface area (Å²) in [4.78, 5) is 7.76. The number of aryl methyl sites for hydroxylation is 1. The number of nitrogens with zero attached hydrogens (tertiary/aromatic N) is 3. The second kappa shape index (κ2) is 9.05. The van der Waals surface area contributed by atoms with E-state index in [9.17, 15) is 17.9 Å². The van der Waals surface area contributed by atoms with Crippen molar-refractivity contribution in [2.45, 2.75) is 30.8 Å². The maximum Gasteiger partial charge on any atom is 0.266 e. The van der Waals surface area contributed by atoms with Crippen molar-refractivity contribution in [1.82, 2.24) is 9.88 Å². The van der Waals surface area contributed by atoms with Crippen LogP contribution in [0, 0.1) is 12.7 Å². The van der Waals surface area contributed by atoms with Gasteiger partial charge < -0.3 is 10.0 Å². The summed E-state index contributed by atoms with van der Waals surface area (Å²) in [6, 6.07) is 10.1. The van der Waals surface area contributed by atoms with Gasteiger partial charge in [-0.1, -0.05) is 18.2 Å². The molecule has 0 radical (unpaired) electrons. The molecular weight excluding hydrogens is 451 g/mol. The SMILES string of the molecule is Cc1cc(S(=O)(=O)Nc2cscn2)c(F)cc1N(C)C1CCN(Cc2ccccc2O)C1. The number of benzene rings is 2. The van der Waals surface area contributed by atoms with Crippen LogP contribution in [0.5, 0.6) is 5.75 Å². The van der Waals surface area contributed by atoms with Crippen LogP contribution < -0.4 is 9.62 Å². The summed E-state index contributed by atoms with van der Waals surface area (Å²) in [6.07, 6.45) is 0.886. The number of hydrogen-bond acceptors (Lipinski definition) is 7. The van der Waals surface area contributed by atoms with Gasteiger partial charge in [-0.15, -0.1) is 11.3 Å². The molecule has 0 saturated carbocycles. The Morgan fingerprint density at radius 3 is 2.84 bits per heavy atom. The molecule has 1 aliphatic heterocycles. The molecule has 7 nitrogen and oxygen atoms in total. The first-order valence-electron chi connectivity index (χ1n) is 10.2. The molecule has 1 aromatic heterocycles. The Labute approximate surface area is 191 Å². The van der Waals surface area contributed by atoms with E-state index in [2.05, 4.69) is 14.6 Å². The minimum absolute atomic E-state index is 0.148. The lowest BCUT2D eigenvalue weighted by molar-refractivity contribution is 0.319. The van der Waals surface area contributed by atoms with Crippen molar-refractivity contribution in [3.8, 4) is 5.75 Å². The van der Waals surface area contributed by atoms with Crippen LogP contribution in [0.25, 0.3) is 0 Å². The van der Waals surface area contributed by atoms with Crippen LogP contribution in [0.3, 0.4) is 0 Å². The average molecular weight is 477 g/mol. The summed E-state index contributed by atoms with van der Waals surface area (Å²) < 4.78 is 42.5. The first-order chi connectivity index (χ1) is 15.2. The van der Waals surface area contributed by atoms with Gasteiger partial charge in [0.15, 0.2) is 5.82 Å². The van der Waals surface area contributed by atoms with E-state index in [-0.39, 0.29) is 17.6 Å². The zero-order chi connectivity index (χ0) is 22.9. The van der Waals surface area contributed by atoms with Gasteiger partial charge in [0.05, 0.1) is 5.51 Å². The van der Waals surface area contributed by atoms with E-state index in [4.69, 9.17) is 0 Å². The first kappa shape index (κ1) is 22.5. The number of anilines is 2. The molecule has 2 heterocycles. The molecule has 3 aromatic rings. The number of sulfonamides is 1. The molecular formula is C22H25FN4O3S2. The molecule has 0 amide bonds. The molecule has 1 aliphatic rings. The van der Waals surface area contributed by atoms with Crippen LogP contribution in [-0.4, -0.2) is 49.6 Å². The Morgan fingerprint density at radius 1 is 1.34 bits per heavy atom. The zero-order valence-corrected chi connectivity index (χ0v) is 19.5. The van der Waals surface area contributed by atoms with Gasteiger partial charge in [-0.3, -0.25) is 9.62 Å². The van der Waals surface area contributed by atoms with Gasteiger partial charge in [0, 0.05) is 49.4 Å². The first-order valence-corrected chi connectivity index (χ1v) is 12.6. The second-order valence-electron chi connectivity index (χ2n) is 7.97. The summed E-state index contributed by atoms with van der Waals surface area (Å²) in [5.41, 5.74) is 3.71. The van der Waals surface area contributed by atoms with Crippen molar-refractivity contribution < 1.29 is 17.9 Å². The lowest BCUT2D eigenvalue weighted by Gasteiger charge is -2.29. The van der Waals surface area contributed by atoms with E-state index in [1.807, 2.05) is 24.1 Å². The van der Waals surface area contributed by atoms with Crippen molar-refractivity contribution in [2.24, 2.45) is 0 Å². The third-order valence-electron chi connectivity index (χ3n) is 5.77. The topological polar surface area (TPSA) is 85.8 Å². The van der Waals surface area contributed by atoms with E-state index in [1.165, 1.54) is 29.0 Å². The summed E-state index contributed by atoms with van der Waals surface area (Å²) in [6.45, 7) is 4.04. The van der Waals surface area contributed by atoms with E-state index in [0.29, 0.717) is 17.8 Å². The highest BCUT2D eigenvalue weighted by Crippen LogP contribution is 2.31. The van der Waals surface area contributed by atoms with Crippen molar-refractivity contribution >= 4 is 32.9 Å². The smallest absolute Gasteiger partial charge is 0.266 e. The van der Waals surface area contributed by atoms with Gasteiger partial charge in [0.25, 0.3) is 10.0 Å². The number of thiazole rings is 1. The minimum Gasteiger partial charge on any atom is -0.508 e. The van der Waals surface area contributed by atoms with Gasteiger partial charge in [0.2, 0.25) is 0 Å². The van der Waals surface area contributed by atoms with Crippen LogP contribution in [-0.2, 0) is 16.6 Å². The molecule has 1 unspecified atom stereocenters. The van der Waals surface area contributed by atoms with Gasteiger partial charge in [-0.05, 0) is 37.1 Å². The van der Waals surface area contributed by atoms with Crippen LogP contribution in [0.1, 0.15) is 17.5 Å². The van der Waals surface area contributed by atoms with E-state index < -0.39 is 20.7 Å². The number of likely N-dealkylation sites (N-methyl/N-ethyl adjacent to an activating group) is 1. The Bertz CT molecular complexity index is 1200. The fourth-order valence-electron chi connectivity index (χ4n) is 4.04. The van der Waals surface area contributed by atoms with Crippen molar-refractivity contribution in [3.05, 3.63) is 64.2 Å². The lowest BCUT2D eigenvalue weighted by atomic mass is 10.1. The van der Waals surface area contributed by atoms with Crippen molar-refractivity contribution in [2.75, 3.05) is 29.8 Å². The Hall–Kier alpha value is -2.69. The number of aromatic hydroxyl groups is 1. The number of phenols is 1. The largest absolute Gasteiger partial charge is 0.508 e. The molecule has 1 saturated heterocycles. The van der Waals surface area contributed by atoms with E-state index in [0.717, 1.165) is 25.1 Å². The average Bonchev–Trinajstić information content (AvgIpc) is 3.42. The third-order valence-corrected chi connectivity index (χ3v) is 7.73. The Morgan fingerprint density at radius 2 is 2.12 bits per heavy atom. The maximum atomic E-state index is 14.9. The normalized spacial score (nSPS) is 16.9. The number of rotatable bonds is 7. The molecule has 2 N–H and O–H groups in total. The summed E-state index contributed by atoms with van der Waals surface area (Å²) in [5, 5.41) is 11.6. The quantitative estimate of drug-likeness (QED) is 0.539. The molecule has 32 heavy (non-hydrogen) atoms.